The monoisotopic (exact) mass is 321 g/mol. The van der Waals surface area contributed by atoms with Crippen LogP contribution in [0.2, 0.25) is 0 Å². The lowest BCUT2D eigenvalue weighted by Gasteiger charge is -2.17. The minimum atomic E-state index is -0.314. The Morgan fingerprint density at radius 1 is 1.12 bits per heavy atom. The summed E-state index contributed by atoms with van der Waals surface area (Å²) in [7, 11) is 0. The van der Waals surface area contributed by atoms with E-state index in [1.165, 1.54) is 10.7 Å². The van der Waals surface area contributed by atoms with Gasteiger partial charge >= 0.3 is 0 Å². The molecule has 2 aromatic heterocycles. The lowest BCUT2D eigenvalue weighted by molar-refractivity contribution is -0.119. The largest absolute Gasteiger partial charge is 0.463 e. The summed E-state index contributed by atoms with van der Waals surface area (Å²) in [5.41, 5.74) is 2.27. The highest BCUT2D eigenvalue weighted by atomic mass is 16.3. The van der Waals surface area contributed by atoms with E-state index in [1.54, 1.807) is 29.4 Å². The average molecular weight is 321 g/mol. The zero-order chi connectivity index (χ0) is 16.5. The van der Waals surface area contributed by atoms with Crippen molar-refractivity contribution < 1.29 is 9.21 Å². The molecule has 6 heteroatoms. The molecule has 1 amide bonds. The number of carbonyl (C=O) groups is 1. The van der Waals surface area contributed by atoms with Crippen LogP contribution in [0.4, 0.5) is 5.69 Å². The van der Waals surface area contributed by atoms with Gasteiger partial charge in [0, 0.05) is 18.3 Å². The van der Waals surface area contributed by atoms with Crippen LogP contribution < -0.4 is 10.5 Å². The van der Waals surface area contributed by atoms with Crippen LogP contribution in [0.15, 0.2) is 64.0 Å². The Labute approximate surface area is 137 Å². The normalized spacial score (nSPS) is 13.1. The van der Waals surface area contributed by atoms with Gasteiger partial charge in [0.05, 0.1) is 6.26 Å². The number of furan rings is 1. The number of hydrogen-bond acceptors (Lipinski definition) is 4. The number of para-hydroxylation sites is 1. The number of rotatable bonds is 3. The van der Waals surface area contributed by atoms with Crippen molar-refractivity contribution >= 4 is 11.6 Å². The SMILES string of the molecule is O=C(Cn1nc(-c2ccco2)ccc1=O)N1CCc2ccccc21. The highest BCUT2D eigenvalue weighted by Crippen LogP contribution is 2.27. The summed E-state index contributed by atoms with van der Waals surface area (Å²) in [5.74, 6) is 0.411. The first-order valence-electron chi connectivity index (χ1n) is 7.73. The Hall–Kier alpha value is -3.15. The fourth-order valence-corrected chi connectivity index (χ4v) is 2.93. The summed E-state index contributed by atoms with van der Waals surface area (Å²) in [6, 6.07) is 14.3. The highest BCUT2D eigenvalue weighted by Gasteiger charge is 2.24. The third-order valence-corrected chi connectivity index (χ3v) is 4.11. The molecule has 0 spiro atoms. The van der Waals surface area contributed by atoms with Crippen molar-refractivity contribution in [3.05, 3.63) is 70.7 Å². The molecular formula is C18H15N3O3. The first-order valence-corrected chi connectivity index (χ1v) is 7.73. The molecule has 0 fully saturated rings. The molecule has 0 saturated heterocycles. The van der Waals surface area contributed by atoms with Crippen molar-refractivity contribution in [2.24, 2.45) is 0 Å². The summed E-state index contributed by atoms with van der Waals surface area (Å²) in [4.78, 5) is 26.4. The summed E-state index contributed by atoms with van der Waals surface area (Å²) >= 11 is 0. The molecule has 0 saturated carbocycles. The van der Waals surface area contributed by atoms with Crippen molar-refractivity contribution in [1.82, 2.24) is 9.78 Å². The molecule has 0 bridgehead atoms. The average Bonchev–Trinajstić information content (AvgIpc) is 3.26. The number of benzene rings is 1. The number of aromatic nitrogens is 2. The van der Waals surface area contributed by atoms with Crippen molar-refractivity contribution in [3.63, 3.8) is 0 Å². The van der Waals surface area contributed by atoms with E-state index in [1.807, 2.05) is 24.3 Å². The van der Waals surface area contributed by atoms with Crippen LogP contribution in [0.25, 0.3) is 11.5 Å². The van der Waals surface area contributed by atoms with Gasteiger partial charge in [-0.15, -0.1) is 0 Å². The predicted octanol–water partition coefficient (Wildman–Crippen LogP) is 2.09. The minimum absolute atomic E-state index is 0.0955. The third-order valence-electron chi connectivity index (χ3n) is 4.11. The van der Waals surface area contributed by atoms with Crippen molar-refractivity contribution in [2.45, 2.75) is 13.0 Å². The maximum atomic E-state index is 12.6. The van der Waals surface area contributed by atoms with Gasteiger partial charge in [0.2, 0.25) is 5.91 Å². The van der Waals surface area contributed by atoms with Crippen LogP contribution in [-0.4, -0.2) is 22.2 Å². The van der Waals surface area contributed by atoms with Gasteiger partial charge in [0.15, 0.2) is 5.76 Å². The quantitative estimate of drug-likeness (QED) is 0.741. The topological polar surface area (TPSA) is 68.3 Å². The van der Waals surface area contributed by atoms with Crippen LogP contribution in [0.3, 0.4) is 0 Å². The molecule has 1 aromatic carbocycles. The van der Waals surface area contributed by atoms with Gasteiger partial charge in [0.1, 0.15) is 12.2 Å². The Morgan fingerprint density at radius 3 is 2.83 bits per heavy atom. The molecule has 3 aromatic rings. The molecule has 24 heavy (non-hydrogen) atoms. The van der Waals surface area contributed by atoms with Gasteiger partial charge < -0.3 is 9.32 Å². The first kappa shape index (κ1) is 14.4. The number of carbonyl (C=O) groups excluding carboxylic acids is 1. The molecule has 120 valence electrons. The van der Waals surface area contributed by atoms with E-state index in [0.717, 1.165) is 17.7 Å². The Bertz CT molecular complexity index is 944. The fraction of sp³-hybridized carbons (Fsp3) is 0.167. The fourth-order valence-electron chi connectivity index (χ4n) is 2.93. The van der Waals surface area contributed by atoms with Gasteiger partial charge in [-0.05, 0) is 36.2 Å². The maximum absolute atomic E-state index is 12.6. The van der Waals surface area contributed by atoms with E-state index < -0.39 is 0 Å². The Kier molecular flexibility index (Phi) is 3.49. The molecule has 0 aliphatic carbocycles. The summed E-state index contributed by atoms with van der Waals surface area (Å²) in [6.07, 6.45) is 2.37. The van der Waals surface area contributed by atoms with Crippen molar-refractivity contribution in [2.75, 3.05) is 11.4 Å². The molecule has 4 rings (SSSR count). The number of anilines is 1. The van der Waals surface area contributed by atoms with Crippen molar-refractivity contribution in [1.29, 1.82) is 0 Å². The van der Waals surface area contributed by atoms with E-state index in [-0.39, 0.29) is 18.0 Å². The van der Waals surface area contributed by atoms with Crippen LogP contribution in [0, 0.1) is 0 Å². The van der Waals surface area contributed by atoms with Crippen LogP contribution in [-0.2, 0) is 17.8 Å². The molecule has 3 heterocycles. The Morgan fingerprint density at radius 2 is 2.00 bits per heavy atom. The van der Waals surface area contributed by atoms with E-state index >= 15 is 0 Å². The second-order valence-corrected chi connectivity index (χ2v) is 5.62. The smallest absolute Gasteiger partial charge is 0.267 e. The van der Waals surface area contributed by atoms with E-state index in [9.17, 15) is 9.59 Å². The van der Waals surface area contributed by atoms with Crippen LogP contribution in [0.1, 0.15) is 5.56 Å². The zero-order valence-corrected chi connectivity index (χ0v) is 12.9. The van der Waals surface area contributed by atoms with Gasteiger partial charge in [-0.1, -0.05) is 18.2 Å². The molecular weight excluding hydrogens is 306 g/mol. The van der Waals surface area contributed by atoms with Crippen LogP contribution in [0.5, 0.6) is 0 Å². The lowest BCUT2D eigenvalue weighted by atomic mass is 10.2. The van der Waals surface area contributed by atoms with E-state index in [4.69, 9.17) is 4.42 Å². The number of hydrogen-bond donors (Lipinski definition) is 0. The summed E-state index contributed by atoms with van der Waals surface area (Å²) in [6.45, 7) is 0.534. The highest BCUT2D eigenvalue weighted by molar-refractivity contribution is 5.95. The first-order chi connectivity index (χ1) is 11.7. The molecule has 6 nitrogen and oxygen atoms in total. The molecule has 0 atom stereocenters. The summed E-state index contributed by atoms with van der Waals surface area (Å²) in [5, 5.41) is 4.25. The van der Waals surface area contributed by atoms with E-state index in [0.29, 0.717) is 18.0 Å². The third kappa shape index (κ3) is 2.52. The molecule has 1 aliphatic rings. The second kappa shape index (κ2) is 5.81. The van der Waals surface area contributed by atoms with Crippen molar-refractivity contribution in [3.8, 4) is 11.5 Å². The standard InChI is InChI=1S/C18H15N3O3/c22-17-8-7-14(16-6-3-11-24-16)19-21(17)12-18(23)20-10-9-13-4-1-2-5-15(13)20/h1-8,11H,9-10,12H2. The molecule has 0 unspecified atom stereocenters. The molecule has 0 N–H and O–H groups in total. The lowest BCUT2D eigenvalue weighted by Crippen LogP contribution is -2.36. The number of fused-ring (bicyclic) bond motifs is 1. The van der Waals surface area contributed by atoms with Gasteiger partial charge in [-0.2, -0.15) is 5.10 Å². The van der Waals surface area contributed by atoms with Gasteiger partial charge in [0.25, 0.3) is 5.56 Å². The summed E-state index contributed by atoms with van der Waals surface area (Å²) < 4.78 is 6.47. The predicted molar refractivity (Wildman–Crippen MR) is 88.7 cm³/mol. The van der Waals surface area contributed by atoms with Crippen LogP contribution >= 0.6 is 0 Å². The number of amides is 1. The second-order valence-electron chi connectivity index (χ2n) is 5.62. The molecule has 1 aliphatic heterocycles. The van der Waals surface area contributed by atoms with E-state index in [2.05, 4.69) is 5.10 Å². The van der Waals surface area contributed by atoms with Gasteiger partial charge in [-0.3, -0.25) is 9.59 Å². The number of nitrogens with zero attached hydrogens (tertiary/aromatic N) is 3. The Balaban J connectivity index is 1.61. The maximum Gasteiger partial charge on any atom is 0.267 e. The minimum Gasteiger partial charge on any atom is -0.463 e. The van der Waals surface area contributed by atoms with Gasteiger partial charge in [-0.25, -0.2) is 4.68 Å². The zero-order valence-electron chi connectivity index (χ0n) is 12.9. The molecule has 0 radical (unpaired) electrons.